The first-order valence-corrected chi connectivity index (χ1v) is 7.03. The van der Waals surface area contributed by atoms with Gasteiger partial charge in [-0.1, -0.05) is 5.16 Å². The zero-order valence-corrected chi connectivity index (χ0v) is 12.2. The van der Waals surface area contributed by atoms with Crippen LogP contribution < -0.4 is 15.2 Å². The zero-order chi connectivity index (χ0) is 14.8. The van der Waals surface area contributed by atoms with Gasteiger partial charge >= 0.3 is 0 Å². The predicted molar refractivity (Wildman–Crippen MR) is 77.4 cm³/mol. The van der Waals surface area contributed by atoms with Crippen molar-refractivity contribution in [3.63, 3.8) is 0 Å². The summed E-state index contributed by atoms with van der Waals surface area (Å²) in [4.78, 5) is 4.50. The lowest BCUT2D eigenvalue weighted by Crippen LogP contribution is -2.14. The fourth-order valence-corrected chi connectivity index (χ4v) is 2.73. The summed E-state index contributed by atoms with van der Waals surface area (Å²) >= 11 is 0. The molecule has 0 spiro atoms. The first-order valence-electron chi connectivity index (χ1n) is 7.03. The number of aromatic nitrogens is 2. The predicted octanol–water partition coefficient (Wildman–Crippen LogP) is 2.35. The van der Waals surface area contributed by atoms with Gasteiger partial charge in [0, 0.05) is 17.5 Å². The van der Waals surface area contributed by atoms with Crippen LogP contribution in [-0.2, 0) is 0 Å². The highest BCUT2D eigenvalue weighted by Crippen LogP contribution is 2.35. The molecule has 0 amide bonds. The molecule has 1 heterocycles. The second-order valence-electron chi connectivity index (χ2n) is 5.30. The first-order chi connectivity index (χ1) is 10.2. The van der Waals surface area contributed by atoms with Crippen LogP contribution in [0.5, 0.6) is 11.5 Å². The summed E-state index contributed by atoms with van der Waals surface area (Å²) in [6.45, 7) is 0. The van der Waals surface area contributed by atoms with Crippen LogP contribution in [0.25, 0.3) is 11.4 Å². The van der Waals surface area contributed by atoms with Crippen LogP contribution in [0.2, 0.25) is 0 Å². The maximum Gasteiger partial charge on any atom is 0.230 e. The molecule has 2 N–H and O–H groups in total. The van der Waals surface area contributed by atoms with Crippen molar-refractivity contribution < 1.29 is 14.0 Å². The van der Waals surface area contributed by atoms with E-state index in [9.17, 15) is 0 Å². The van der Waals surface area contributed by atoms with E-state index in [0.29, 0.717) is 23.2 Å². The Morgan fingerprint density at radius 1 is 1.19 bits per heavy atom. The second-order valence-corrected chi connectivity index (χ2v) is 5.30. The number of nitrogens with two attached hydrogens (primary N) is 1. The fourth-order valence-electron chi connectivity index (χ4n) is 2.73. The van der Waals surface area contributed by atoms with Crippen LogP contribution in [0.1, 0.15) is 31.1 Å². The molecule has 0 bridgehead atoms. The molecule has 0 unspecified atom stereocenters. The minimum Gasteiger partial charge on any atom is -0.493 e. The van der Waals surface area contributed by atoms with Crippen LogP contribution in [0.15, 0.2) is 22.7 Å². The molecule has 6 nitrogen and oxygen atoms in total. The average Bonchev–Trinajstić information content (AvgIpc) is 3.15. The molecule has 1 aliphatic rings. The second kappa shape index (κ2) is 5.73. The minimum absolute atomic E-state index is 0.242. The Labute approximate surface area is 123 Å². The molecule has 1 aliphatic carbocycles. The molecule has 3 rings (SSSR count). The van der Waals surface area contributed by atoms with E-state index in [1.165, 1.54) is 0 Å². The van der Waals surface area contributed by atoms with E-state index in [4.69, 9.17) is 19.7 Å². The Kier molecular flexibility index (Phi) is 3.79. The summed E-state index contributed by atoms with van der Waals surface area (Å²) in [6.07, 6.45) is 2.93. The summed E-state index contributed by atoms with van der Waals surface area (Å²) < 4.78 is 15.9. The Hall–Kier alpha value is -2.08. The number of rotatable bonds is 4. The number of ether oxygens (including phenoxy) is 2. The Morgan fingerprint density at radius 2 is 2.00 bits per heavy atom. The Morgan fingerprint density at radius 3 is 2.67 bits per heavy atom. The molecular weight excluding hydrogens is 270 g/mol. The van der Waals surface area contributed by atoms with Crippen molar-refractivity contribution in [3.05, 3.63) is 24.1 Å². The highest BCUT2D eigenvalue weighted by Gasteiger charge is 2.28. The number of nitrogens with zero attached hydrogens (tertiary/aromatic N) is 2. The fraction of sp³-hybridized carbons (Fsp3) is 0.467. The van der Waals surface area contributed by atoms with E-state index in [-0.39, 0.29) is 12.0 Å². The van der Waals surface area contributed by atoms with Crippen LogP contribution in [0.4, 0.5) is 0 Å². The highest BCUT2D eigenvalue weighted by molar-refractivity contribution is 5.60. The highest BCUT2D eigenvalue weighted by atomic mass is 16.5. The quantitative estimate of drug-likeness (QED) is 0.930. The molecule has 0 radical (unpaired) electrons. The van der Waals surface area contributed by atoms with Crippen molar-refractivity contribution in [1.29, 1.82) is 0 Å². The topological polar surface area (TPSA) is 83.4 Å². The number of benzene rings is 1. The van der Waals surface area contributed by atoms with Gasteiger partial charge in [-0.2, -0.15) is 4.98 Å². The van der Waals surface area contributed by atoms with E-state index in [1.807, 2.05) is 18.2 Å². The summed E-state index contributed by atoms with van der Waals surface area (Å²) in [7, 11) is 3.20. The molecule has 112 valence electrons. The number of hydrogen-bond acceptors (Lipinski definition) is 6. The smallest absolute Gasteiger partial charge is 0.230 e. The van der Waals surface area contributed by atoms with E-state index >= 15 is 0 Å². The molecule has 2 aromatic rings. The van der Waals surface area contributed by atoms with Crippen molar-refractivity contribution in [2.75, 3.05) is 14.2 Å². The number of methoxy groups -OCH3 is 2. The molecule has 6 heteroatoms. The Bertz CT molecular complexity index is 626. The molecule has 1 saturated carbocycles. The summed E-state index contributed by atoms with van der Waals surface area (Å²) in [5.41, 5.74) is 6.77. The van der Waals surface area contributed by atoms with Crippen LogP contribution in [0.3, 0.4) is 0 Å². The maximum atomic E-state index is 5.93. The van der Waals surface area contributed by atoms with Crippen molar-refractivity contribution in [2.24, 2.45) is 5.73 Å². The van der Waals surface area contributed by atoms with Gasteiger partial charge in [-0.3, -0.25) is 0 Å². The monoisotopic (exact) mass is 289 g/mol. The first kappa shape index (κ1) is 13.9. The molecule has 1 fully saturated rings. The van der Waals surface area contributed by atoms with Gasteiger partial charge in [0.2, 0.25) is 11.7 Å². The Balaban J connectivity index is 1.86. The lowest BCUT2D eigenvalue weighted by Gasteiger charge is -2.07. The third-order valence-electron chi connectivity index (χ3n) is 3.91. The van der Waals surface area contributed by atoms with Gasteiger partial charge in [-0.15, -0.1) is 0 Å². The number of hydrogen-bond donors (Lipinski definition) is 1. The molecule has 21 heavy (non-hydrogen) atoms. The largest absolute Gasteiger partial charge is 0.493 e. The maximum absolute atomic E-state index is 5.93. The van der Waals surface area contributed by atoms with Crippen LogP contribution in [-0.4, -0.2) is 30.4 Å². The molecule has 0 aliphatic heterocycles. The van der Waals surface area contributed by atoms with Gasteiger partial charge in [-0.25, -0.2) is 0 Å². The lowest BCUT2D eigenvalue weighted by atomic mass is 10.1. The normalized spacial score (nSPS) is 21.5. The van der Waals surface area contributed by atoms with Gasteiger partial charge in [0.05, 0.1) is 14.2 Å². The van der Waals surface area contributed by atoms with E-state index in [2.05, 4.69) is 10.1 Å². The van der Waals surface area contributed by atoms with Crippen LogP contribution >= 0.6 is 0 Å². The van der Waals surface area contributed by atoms with E-state index in [1.54, 1.807) is 14.2 Å². The third kappa shape index (κ3) is 2.71. The summed E-state index contributed by atoms with van der Waals surface area (Å²) in [6, 6.07) is 5.80. The lowest BCUT2D eigenvalue weighted by molar-refractivity contribution is 0.352. The molecule has 1 aromatic heterocycles. The van der Waals surface area contributed by atoms with Gasteiger partial charge < -0.3 is 19.7 Å². The summed E-state index contributed by atoms with van der Waals surface area (Å²) in [5.74, 6) is 2.83. The zero-order valence-electron chi connectivity index (χ0n) is 12.2. The van der Waals surface area contributed by atoms with E-state index < -0.39 is 0 Å². The SMILES string of the molecule is COc1ccc(-c2noc([C@@H]3CC[C@H](N)C3)n2)cc1OC. The standard InChI is InChI=1S/C15H19N3O3/c1-19-12-6-4-9(8-13(12)20-2)14-17-15(21-18-14)10-3-5-11(16)7-10/h4,6,8,10-11H,3,5,7,16H2,1-2H3/t10-,11+/m1/s1. The van der Waals surface area contributed by atoms with Crippen molar-refractivity contribution in [1.82, 2.24) is 10.1 Å². The van der Waals surface area contributed by atoms with Gasteiger partial charge in [0.15, 0.2) is 11.5 Å². The van der Waals surface area contributed by atoms with Crippen LogP contribution in [0, 0.1) is 0 Å². The van der Waals surface area contributed by atoms with Crippen molar-refractivity contribution >= 4 is 0 Å². The summed E-state index contributed by atoms with van der Waals surface area (Å²) in [5, 5.41) is 4.06. The van der Waals surface area contributed by atoms with Crippen molar-refractivity contribution in [2.45, 2.75) is 31.2 Å². The molecule has 0 saturated heterocycles. The average molecular weight is 289 g/mol. The third-order valence-corrected chi connectivity index (χ3v) is 3.91. The van der Waals surface area contributed by atoms with Gasteiger partial charge in [0.1, 0.15) is 0 Å². The van der Waals surface area contributed by atoms with Gasteiger partial charge in [-0.05, 0) is 37.5 Å². The van der Waals surface area contributed by atoms with Crippen molar-refractivity contribution in [3.8, 4) is 22.9 Å². The molecular formula is C15H19N3O3. The van der Waals surface area contributed by atoms with Gasteiger partial charge in [0.25, 0.3) is 0 Å². The molecule has 1 aromatic carbocycles. The minimum atomic E-state index is 0.242. The molecule has 2 atom stereocenters. The van der Waals surface area contributed by atoms with E-state index in [0.717, 1.165) is 24.8 Å².